The summed E-state index contributed by atoms with van der Waals surface area (Å²) < 4.78 is 5.16. The summed E-state index contributed by atoms with van der Waals surface area (Å²) in [7, 11) is 1.72. The molecular formula is C12H26N2O. The first-order valence-corrected chi connectivity index (χ1v) is 6.08. The minimum atomic E-state index is 0.0559. The Bertz CT molecular complexity index is 174. The second kappa shape index (κ2) is 5.83. The summed E-state index contributed by atoms with van der Waals surface area (Å²) in [4.78, 5) is 2.53. The third kappa shape index (κ3) is 3.44. The van der Waals surface area contributed by atoms with Gasteiger partial charge in [-0.25, -0.2) is 0 Å². The fourth-order valence-corrected chi connectivity index (χ4v) is 2.26. The summed E-state index contributed by atoms with van der Waals surface area (Å²) in [5.41, 5.74) is 6.23. The Balaban J connectivity index is 2.56. The predicted octanol–water partition coefficient (Wildman–Crippen LogP) is 1.61. The van der Waals surface area contributed by atoms with E-state index in [1.54, 1.807) is 7.11 Å². The molecular weight excluding hydrogens is 188 g/mol. The number of nitrogens with zero attached hydrogens (tertiary/aromatic N) is 1. The zero-order chi connectivity index (χ0) is 11.3. The van der Waals surface area contributed by atoms with Crippen molar-refractivity contribution in [3.8, 4) is 0 Å². The van der Waals surface area contributed by atoms with E-state index in [9.17, 15) is 0 Å². The van der Waals surface area contributed by atoms with E-state index in [4.69, 9.17) is 10.5 Å². The van der Waals surface area contributed by atoms with Crippen molar-refractivity contribution in [3.05, 3.63) is 0 Å². The van der Waals surface area contributed by atoms with Gasteiger partial charge in [-0.15, -0.1) is 0 Å². The molecule has 1 rings (SSSR count). The maximum Gasteiger partial charge on any atom is 0.0631 e. The highest BCUT2D eigenvalue weighted by molar-refractivity contribution is 4.92. The molecule has 1 unspecified atom stereocenters. The Morgan fingerprint density at radius 3 is 2.20 bits per heavy atom. The Morgan fingerprint density at radius 2 is 1.73 bits per heavy atom. The van der Waals surface area contributed by atoms with Crippen LogP contribution in [0.1, 0.15) is 39.5 Å². The number of hydrogen-bond donors (Lipinski definition) is 1. The fraction of sp³-hybridized carbons (Fsp3) is 1.00. The van der Waals surface area contributed by atoms with E-state index in [1.165, 1.54) is 38.8 Å². The molecule has 1 heterocycles. The molecule has 0 spiro atoms. The van der Waals surface area contributed by atoms with Gasteiger partial charge in [0.1, 0.15) is 0 Å². The van der Waals surface area contributed by atoms with E-state index in [0.717, 1.165) is 0 Å². The second-order valence-electron chi connectivity index (χ2n) is 5.12. The third-order valence-electron chi connectivity index (χ3n) is 3.67. The van der Waals surface area contributed by atoms with Crippen molar-refractivity contribution in [3.63, 3.8) is 0 Å². The van der Waals surface area contributed by atoms with Crippen LogP contribution in [0, 0.1) is 0 Å². The van der Waals surface area contributed by atoms with Crippen LogP contribution in [-0.4, -0.2) is 43.3 Å². The summed E-state index contributed by atoms with van der Waals surface area (Å²) in [5.74, 6) is 0. The van der Waals surface area contributed by atoms with Crippen LogP contribution in [0.4, 0.5) is 0 Å². The first-order chi connectivity index (χ1) is 7.09. The average molecular weight is 214 g/mol. The van der Waals surface area contributed by atoms with Crippen molar-refractivity contribution in [1.82, 2.24) is 4.90 Å². The van der Waals surface area contributed by atoms with Crippen LogP contribution in [0.25, 0.3) is 0 Å². The number of hydrogen-bond acceptors (Lipinski definition) is 3. The topological polar surface area (TPSA) is 38.5 Å². The molecule has 1 aliphatic heterocycles. The highest BCUT2D eigenvalue weighted by Gasteiger charge is 2.33. The Kier molecular flexibility index (Phi) is 5.03. The van der Waals surface area contributed by atoms with Crippen LogP contribution in [0.2, 0.25) is 0 Å². The number of methoxy groups -OCH3 is 1. The van der Waals surface area contributed by atoms with Gasteiger partial charge in [0, 0.05) is 18.7 Å². The van der Waals surface area contributed by atoms with Crippen molar-refractivity contribution in [2.24, 2.45) is 5.73 Å². The molecule has 1 atom stereocenters. The van der Waals surface area contributed by atoms with Crippen LogP contribution >= 0.6 is 0 Å². The summed E-state index contributed by atoms with van der Waals surface area (Å²) in [6.45, 7) is 7.49. The molecule has 0 aromatic rings. The van der Waals surface area contributed by atoms with E-state index in [-0.39, 0.29) is 11.6 Å². The minimum Gasteiger partial charge on any atom is -0.383 e. The predicted molar refractivity (Wildman–Crippen MR) is 64.0 cm³/mol. The molecule has 1 fully saturated rings. The van der Waals surface area contributed by atoms with Gasteiger partial charge in [-0.05, 0) is 39.8 Å². The Labute approximate surface area is 94.0 Å². The fourth-order valence-electron chi connectivity index (χ4n) is 2.26. The molecule has 2 N–H and O–H groups in total. The molecule has 1 aliphatic rings. The molecule has 0 aliphatic carbocycles. The van der Waals surface area contributed by atoms with Crippen molar-refractivity contribution >= 4 is 0 Å². The van der Waals surface area contributed by atoms with Crippen molar-refractivity contribution < 1.29 is 4.74 Å². The van der Waals surface area contributed by atoms with E-state index < -0.39 is 0 Å². The van der Waals surface area contributed by atoms with Crippen LogP contribution < -0.4 is 5.73 Å². The summed E-state index contributed by atoms with van der Waals surface area (Å²) >= 11 is 0. The first kappa shape index (κ1) is 12.9. The zero-order valence-electron chi connectivity index (χ0n) is 10.5. The van der Waals surface area contributed by atoms with Gasteiger partial charge in [0.05, 0.1) is 6.61 Å². The quantitative estimate of drug-likeness (QED) is 0.773. The minimum absolute atomic E-state index is 0.0559. The van der Waals surface area contributed by atoms with Gasteiger partial charge < -0.3 is 10.5 Å². The largest absolute Gasteiger partial charge is 0.383 e. The normalized spacial score (nSPS) is 22.4. The second-order valence-corrected chi connectivity index (χ2v) is 5.12. The summed E-state index contributed by atoms with van der Waals surface area (Å²) in [6.07, 6.45) is 5.35. The third-order valence-corrected chi connectivity index (χ3v) is 3.67. The molecule has 0 aromatic heterocycles. The van der Waals surface area contributed by atoms with Crippen molar-refractivity contribution in [2.75, 3.05) is 26.8 Å². The van der Waals surface area contributed by atoms with Gasteiger partial charge in [-0.3, -0.25) is 4.90 Å². The maximum atomic E-state index is 6.18. The lowest BCUT2D eigenvalue weighted by atomic mass is 9.93. The number of nitrogens with two attached hydrogens (primary N) is 1. The first-order valence-electron chi connectivity index (χ1n) is 6.08. The van der Waals surface area contributed by atoms with Crippen LogP contribution in [0.5, 0.6) is 0 Å². The van der Waals surface area contributed by atoms with Gasteiger partial charge in [0.15, 0.2) is 0 Å². The molecule has 0 bridgehead atoms. The summed E-state index contributed by atoms with van der Waals surface area (Å²) in [6, 6.07) is 0.0978. The molecule has 0 amide bonds. The van der Waals surface area contributed by atoms with Crippen molar-refractivity contribution in [2.45, 2.75) is 51.1 Å². The Hall–Kier alpha value is -0.120. The lowest BCUT2D eigenvalue weighted by Crippen LogP contribution is -2.58. The van der Waals surface area contributed by atoms with Crippen LogP contribution in [-0.2, 0) is 4.74 Å². The van der Waals surface area contributed by atoms with E-state index in [0.29, 0.717) is 6.61 Å². The Morgan fingerprint density at radius 1 is 1.20 bits per heavy atom. The molecule has 3 heteroatoms. The SMILES string of the molecule is COCC(N)C(C)(C)N1CCCCCC1. The molecule has 90 valence electrons. The highest BCUT2D eigenvalue weighted by Crippen LogP contribution is 2.22. The van der Waals surface area contributed by atoms with E-state index in [2.05, 4.69) is 18.7 Å². The van der Waals surface area contributed by atoms with E-state index >= 15 is 0 Å². The number of ether oxygens (including phenoxy) is 1. The monoisotopic (exact) mass is 214 g/mol. The standard InChI is InChI=1S/C12H26N2O/c1-12(2,11(13)10-15-3)14-8-6-4-5-7-9-14/h11H,4-10,13H2,1-3H3. The van der Waals surface area contributed by atoms with Crippen LogP contribution in [0.15, 0.2) is 0 Å². The van der Waals surface area contributed by atoms with Crippen molar-refractivity contribution in [1.29, 1.82) is 0 Å². The molecule has 0 radical (unpaired) electrons. The number of rotatable bonds is 4. The zero-order valence-corrected chi connectivity index (χ0v) is 10.5. The lowest BCUT2D eigenvalue weighted by Gasteiger charge is -2.42. The van der Waals surface area contributed by atoms with Gasteiger partial charge in [-0.2, -0.15) is 0 Å². The molecule has 3 nitrogen and oxygen atoms in total. The van der Waals surface area contributed by atoms with Crippen LogP contribution in [0.3, 0.4) is 0 Å². The van der Waals surface area contributed by atoms with Gasteiger partial charge in [0.25, 0.3) is 0 Å². The maximum absolute atomic E-state index is 6.18. The highest BCUT2D eigenvalue weighted by atomic mass is 16.5. The average Bonchev–Trinajstić information content (AvgIpc) is 2.46. The summed E-state index contributed by atoms with van der Waals surface area (Å²) in [5, 5.41) is 0. The lowest BCUT2D eigenvalue weighted by molar-refractivity contribution is 0.0577. The smallest absolute Gasteiger partial charge is 0.0631 e. The molecule has 0 aromatic carbocycles. The van der Waals surface area contributed by atoms with E-state index in [1.807, 2.05) is 0 Å². The molecule has 0 saturated carbocycles. The molecule has 15 heavy (non-hydrogen) atoms. The van der Waals surface area contributed by atoms with Gasteiger partial charge in [-0.1, -0.05) is 12.8 Å². The molecule has 1 saturated heterocycles. The number of likely N-dealkylation sites (tertiary alicyclic amines) is 1. The van der Waals surface area contributed by atoms with Gasteiger partial charge >= 0.3 is 0 Å². The van der Waals surface area contributed by atoms with Gasteiger partial charge in [0.2, 0.25) is 0 Å².